The maximum atomic E-state index is 12.6. The van der Waals surface area contributed by atoms with Crippen LogP contribution in [0.4, 0.5) is 0 Å². The molecule has 0 N–H and O–H groups in total. The molecule has 20 heavy (non-hydrogen) atoms. The molecule has 1 heterocycles. The third kappa shape index (κ3) is 2.72. The fourth-order valence-electron chi connectivity index (χ4n) is 2.92. The minimum absolute atomic E-state index is 0.00104. The highest BCUT2D eigenvalue weighted by Crippen LogP contribution is 2.46. The average molecular weight is 297 g/mol. The van der Waals surface area contributed by atoms with Gasteiger partial charge in [0, 0.05) is 24.6 Å². The Morgan fingerprint density at radius 1 is 1.55 bits per heavy atom. The number of amides is 1. The first-order chi connectivity index (χ1) is 9.52. The summed E-state index contributed by atoms with van der Waals surface area (Å²) in [7, 11) is 0. The van der Waals surface area contributed by atoms with E-state index in [-0.39, 0.29) is 23.5 Å². The van der Waals surface area contributed by atoms with Crippen LogP contribution in [0.5, 0.6) is 0 Å². The largest absolute Gasteiger partial charge is 0.378 e. The number of aromatic nitrogens is 2. The zero-order valence-electron chi connectivity index (χ0n) is 12.6. The number of nitrogens with zero attached hydrogens (tertiary/aromatic N) is 3. The lowest BCUT2D eigenvalue weighted by molar-refractivity contribution is -0.140. The van der Waals surface area contributed by atoms with E-state index in [9.17, 15) is 4.79 Å². The fraction of sp³-hybridized carbons (Fsp3) is 0.786. The Labute approximate surface area is 124 Å². The molecule has 0 radical (unpaired) electrons. The molecule has 1 aromatic rings. The summed E-state index contributed by atoms with van der Waals surface area (Å²) in [4.78, 5) is 15.2. The molecule has 0 aliphatic heterocycles. The monoisotopic (exact) mass is 297 g/mol. The Morgan fingerprint density at radius 2 is 2.30 bits per heavy atom. The molecule has 6 heteroatoms. The Morgan fingerprint density at radius 3 is 2.80 bits per heavy atom. The topological polar surface area (TPSA) is 55.3 Å². The summed E-state index contributed by atoms with van der Waals surface area (Å²) in [6.07, 6.45) is 3.66. The summed E-state index contributed by atoms with van der Waals surface area (Å²) < 4.78 is 9.55. The molecule has 1 aliphatic rings. The van der Waals surface area contributed by atoms with Crippen LogP contribution in [0, 0.1) is 5.41 Å². The van der Waals surface area contributed by atoms with Crippen molar-refractivity contribution < 1.29 is 9.53 Å². The first kappa shape index (κ1) is 15.4. The molecule has 1 saturated carbocycles. The molecule has 1 aromatic heterocycles. The van der Waals surface area contributed by atoms with Crippen LogP contribution in [0.2, 0.25) is 0 Å². The highest BCUT2D eigenvalue weighted by atomic mass is 32.1. The molecule has 5 nitrogen and oxygen atoms in total. The molecule has 0 saturated heterocycles. The summed E-state index contributed by atoms with van der Waals surface area (Å²) in [6.45, 7) is 9.97. The van der Waals surface area contributed by atoms with Gasteiger partial charge < -0.3 is 9.64 Å². The maximum absolute atomic E-state index is 12.6. The molecule has 2 atom stereocenters. The van der Waals surface area contributed by atoms with Gasteiger partial charge in [-0.1, -0.05) is 25.3 Å². The second kappa shape index (κ2) is 6.18. The lowest BCUT2D eigenvalue weighted by Gasteiger charge is -2.55. The van der Waals surface area contributed by atoms with Gasteiger partial charge in [0.1, 0.15) is 4.88 Å². The average Bonchev–Trinajstić information content (AvgIpc) is 2.94. The molecule has 1 fully saturated rings. The van der Waals surface area contributed by atoms with Gasteiger partial charge >= 0.3 is 0 Å². The van der Waals surface area contributed by atoms with E-state index in [2.05, 4.69) is 30.4 Å². The Bertz CT molecular complexity index is 447. The van der Waals surface area contributed by atoms with E-state index >= 15 is 0 Å². The SMILES string of the molecule is CCCN(C(=O)c1cnns1)C1CC(OCC)C1(C)C. The molecule has 2 unspecified atom stereocenters. The summed E-state index contributed by atoms with van der Waals surface area (Å²) in [5.74, 6) is 0.0508. The highest BCUT2D eigenvalue weighted by molar-refractivity contribution is 7.07. The number of carbonyl (C=O) groups excluding carboxylic acids is 1. The van der Waals surface area contributed by atoms with Gasteiger partial charge in [0.05, 0.1) is 12.3 Å². The van der Waals surface area contributed by atoms with Crippen LogP contribution >= 0.6 is 11.5 Å². The Hall–Kier alpha value is -1.01. The molecule has 1 amide bonds. The van der Waals surface area contributed by atoms with E-state index in [1.54, 1.807) is 6.20 Å². The summed E-state index contributed by atoms with van der Waals surface area (Å²) in [5.41, 5.74) is -0.00104. The van der Waals surface area contributed by atoms with Crippen LogP contribution in [0.3, 0.4) is 0 Å². The third-order valence-electron chi connectivity index (χ3n) is 4.17. The number of hydrogen-bond donors (Lipinski definition) is 0. The molecular weight excluding hydrogens is 274 g/mol. The fourth-order valence-corrected chi connectivity index (χ4v) is 3.39. The Kier molecular flexibility index (Phi) is 4.75. The van der Waals surface area contributed by atoms with Gasteiger partial charge in [0.25, 0.3) is 5.91 Å². The van der Waals surface area contributed by atoms with Crippen LogP contribution in [-0.2, 0) is 4.74 Å². The number of rotatable bonds is 6. The molecule has 0 aromatic carbocycles. The van der Waals surface area contributed by atoms with E-state index in [1.807, 2.05) is 11.8 Å². The quantitative estimate of drug-likeness (QED) is 0.810. The van der Waals surface area contributed by atoms with Crippen molar-refractivity contribution in [3.05, 3.63) is 11.1 Å². The first-order valence-electron chi connectivity index (χ1n) is 7.22. The maximum Gasteiger partial charge on any atom is 0.267 e. The van der Waals surface area contributed by atoms with Crippen LogP contribution in [0.1, 0.15) is 50.2 Å². The number of hydrogen-bond acceptors (Lipinski definition) is 5. The molecular formula is C14H23N3O2S. The standard InChI is InChI=1S/C14H23N3O2S/c1-5-7-17(13(18)10-9-15-16-20-10)11-8-12(19-6-2)14(11,3)4/h9,11-12H,5-8H2,1-4H3. The van der Waals surface area contributed by atoms with Crippen molar-refractivity contribution in [2.24, 2.45) is 5.41 Å². The third-order valence-corrected chi connectivity index (χ3v) is 4.82. The Balaban J connectivity index is 2.12. The minimum atomic E-state index is -0.00104. The summed E-state index contributed by atoms with van der Waals surface area (Å²) >= 11 is 1.16. The van der Waals surface area contributed by atoms with Gasteiger partial charge in [0.15, 0.2) is 0 Å². The van der Waals surface area contributed by atoms with E-state index in [1.165, 1.54) is 0 Å². The predicted molar refractivity (Wildman–Crippen MR) is 78.8 cm³/mol. The van der Waals surface area contributed by atoms with Crippen LogP contribution < -0.4 is 0 Å². The predicted octanol–water partition coefficient (Wildman–Crippen LogP) is 2.59. The van der Waals surface area contributed by atoms with Gasteiger partial charge in [-0.3, -0.25) is 4.79 Å². The van der Waals surface area contributed by atoms with Crippen molar-refractivity contribution in [3.63, 3.8) is 0 Å². The van der Waals surface area contributed by atoms with Crippen molar-refractivity contribution in [2.75, 3.05) is 13.2 Å². The molecule has 112 valence electrons. The van der Waals surface area contributed by atoms with Crippen molar-refractivity contribution in [2.45, 2.75) is 52.7 Å². The summed E-state index contributed by atoms with van der Waals surface area (Å²) in [6, 6.07) is 0.230. The highest BCUT2D eigenvalue weighted by Gasteiger charge is 2.52. The second-order valence-corrected chi connectivity index (χ2v) is 6.58. The van der Waals surface area contributed by atoms with Crippen LogP contribution in [0.15, 0.2) is 6.20 Å². The lowest BCUT2D eigenvalue weighted by Crippen LogP contribution is -2.63. The van der Waals surface area contributed by atoms with Gasteiger partial charge in [0.2, 0.25) is 0 Å². The zero-order chi connectivity index (χ0) is 14.8. The van der Waals surface area contributed by atoms with Gasteiger partial charge in [-0.05, 0) is 31.3 Å². The van der Waals surface area contributed by atoms with Crippen molar-refractivity contribution in [1.29, 1.82) is 0 Å². The van der Waals surface area contributed by atoms with Crippen LogP contribution in [-0.4, -0.2) is 45.7 Å². The second-order valence-electron chi connectivity index (χ2n) is 5.80. The smallest absolute Gasteiger partial charge is 0.267 e. The lowest BCUT2D eigenvalue weighted by atomic mass is 9.63. The van der Waals surface area contributed by atoms with Gasteiger partial charge in [-0.25, -0.2) is 0 Å². The van der Waals surface area contributed by atoms with E-state index in [0.717, 1.165) is 37.5 Å². The van der Waals surface area contributed by atoms with Crippen molar-refractivity contribution in [1.82, 2.24) is 14.5 Å². The molecule has 0 bridgehead atoms. The zero-order valence-corrected chi connectivity index (χ0v) is 13.4. The van der Waals surface area contributed by atoms with E-state index in [4.69, 9.17) is 4.74 Å². The molecule has 1 aliphatic carbocycles. The van der Waals surface area contributed by atoms with E-state index in [0.29, 0.717) is 4.88 Å². The normalized spacial score (nSPS) is 24.2. The van der Waals surface area contributed by atoms with Gasteiger partial charge in [-0.2, -0.15) is 0 Å². The molecule has 2 rings (SSSR count). The first-order valence-corrected chi connectivity index (χ1v) is 7.99. The van der Waals surface area contributed by atoms with Crippen molar-refractivity contribution >= 4 is 17.4 Å². The van der Waals surface area contributed by atoms with Crippen LogP contribution in [0.25, 0.3) is 0 Å². The van der Waals surface area contributed by atoms with Gasteiger partial charge in [-0.15, -0.1) is 5.10 Å². The number of ether oxygens (including phenoxy) is 1. The van der Waals surface area contributed by atoms with E-state index < -0.39 is 0 Å². The van der Waals surface area contributed by atoms with Crippen molar-refractivity contribution in [3.8, 4) is 0 Å². The number of carbonyl (C=O) groups is 1. The minimum Gasteiger partial charge on any atom is -0.378 e. The summed E-state index contributed by atoms with van der Waals surface area (Å²) in [5, 5.41) is 3.77. The molecule has 0 spiro atoms.